The number of amides is 1. The van der Waals surface area contributed by atoms with E-state index in [0.29, 0.717) is 6.54 Å². The third-order valence-corrected chi connectivity index (χ3v) is 5.17. The Hall–Kier alpha value is -1.90. The van der Waals surface area contributed by atoms with Gasteiger partial charge >= 0.3 is 0 Å². The van der Waals surface area contributed by atoms with Crippen molar-refractivity contribution in [2.75, 3.05) is 26.2 Å². The zero-order valence-corrected chi connectivity index (χ0v) is 14.7. The summed E-state index contributed by atoms with van der Waals surface area (Å²) in [4.78, 5) is 13.7. The number of hydrogen-bond donors (Lipinski definition) is 2. The molecule has 0 bridgehead atoms. The molecule has 0 radical (unpaired) electrons. The van der Waals surface area contributed by atoms with E-state index < -0.39 is 5.41 Å². The van der Waals surface area contributed by atoms with Crippen LogP contribution in [-0.2, 0) is 10.2 Å². The van der Waals surface area contributed by atoms with Crippen molar-refractivity contribution in [2.24, 2.45) is 11.7 Å². The third kappa shape index (κ3) is 3.95. The van der Waals surface area contributed by atoms with Crippen LogP contribution in [0.4, 0.5) is 0 Å². The number of nitriles is 1. The summed E-state index contributed by atoms with van der Waals surface area (Å²) in [5.74, 6) is -0.0551. The Kier molecular flexibility index (Phi) is 6.36. The smallest absolute Gasteiger partial charge is 0.236 e. The fourth-order valence-electron chi connectivity index (χ4n) is 3.61. The molecule has 2 unspecified atom stereocenters. The number of nitrogens with one attached hydrogen (secondary N) is 1. The van der Waals surface area contributed by atoms with Crippen molar-refractivity contribution < 1.29 is 4.79 Å². The van der Waals surface area contributed by atoms with E-state index in [1.165, 1.54) is 0 Å². The van der Waals surface area contributed by atoms with Gasteiger partial charge in [-0.25, -0.2) is 0 Å². The molecule has 1 aliphatic heterocycles. The van der Waals surface area contributed by atoms with Crippen molar-refractivity contribution in [1.29, 1.82) is 5.26 Å². The minimum absolute atomic E-state index is 0.222. The largest absolute Gasteiger partial charge is 0.368 e. The molecule has 24 heavy (non-hydrogen) atoms. The van der Waals surface area contributed by atoms with Crippen molar-refractivity contribution >= 4 is 5.91 Å². The van der Waals surface area contributed by atoms with Gasteiger partial charge in [-0.3, -0.25) is 9.69 Å². The van der Waals surface area contributed by atoms with Crippen LogP contribution in [0, 0.1) is 17.2 Å². The molecule has 0 spiro atoms. The summed E-state index contributed by atoms with van der Waals surface area (Å²) in [6, 6.07) is 12.4. The van der Waals surface area contributed by atoms with Gasteiger partial charge in [0.05, 0.1) is 11.5 Å². The Morgan fingerprint density at radius 2 is 2.17 bits per heavy atom. The summed E-state index contributed by atoms with van der Waals surface area (Å²) in [5, 5.41) is 13.1. The van der Waals surface area contributed by atoms with Gasteiger partial charge in [-0.2, -0.15) is 5.26 Å². The molecule has 0 aromatic heterocycles. The van der Waals surface area contributed by atoms with E-state index in [1.807, 2.05) is 30.3 Å². The molecule has 1 aromatic carbocycles. The van der Waals surface area contributed by atoms with Crippen LogP contribution in [0.15, 0.2) is 30.3 Å². The van der Waals surface area contributed by atoms with Crippen LogP contribution < -0.4 is 11.1 Å². The number of primary amides is 1. The van der Waals surface area contributed by atoms with Gasteiger partial charge < -0.3 is 11.1 Å². The highest BCUT2D eigenvalue weighted by atomic mass is 16.1. The predicted octanol–water partition coefficient (Wildman–Crippen LogP) is 1.64. The van der Waals surface area contributed by atoms with E-state index in [4.69, 9.17) is 5.73 Å². The lowest BCUT2D eigenvalue weighted by molar-refractivity contribution is -0.123. The monoisotopic (exact) mass is 328 g/mol. The first kappa shape index (κ1) is 18.4. The second kappa shape index (κ2) is 8.27. The van der Waals surface area contributed by atoms with Gasteiger partial charge in [-0.1, -0.05) is 44.2 Å². The van der Waals surface area contributed by atoms with E-state index in [2.05, 4.69) is 30.1 Å². The molecular weight excluding hydrogens is 300 g/mol. The Labute approximate surface area is 144 Å². The minimum Gasteiger partial charge on any atom is -0.368 e. The lowest BCUT2D eigenvalue weighted by atomic mass is 9.70. The first-order chi connectivity index (χ1) is 11.5. The second-order valence-electron chi connectivity index (χ2n) is 6.87. The van der Waals surface area contributed by atoms with Gasteiger partial charge in [0.15, 0.2) is 0 Å². The van der Waals surface area contributed by atoms with Crippen molar-refractivity contribution in [3.05, 3.63) is 35.9 Å². The molecule has 130 valence electrons. The van der Waals surface area contributed by atoms with Crippen molar-refractivity contribution in [1.82, 2.24) is 10.2 Å². The first-order valence-corrected chi connectivity index (χ1v) is 8.72. The lowest BCUT2D eigenvalue weighted by Gasteiger charge is -2.36. The molecule has 1 saturated heterocycles. The molecule has 5 heteroatoms. The maximum absolute atomic E-state index is 11.6. The van der Waals surface area contributed by atoms with Crippen LogP contribution in [0.1, 0.15) is 32.3 Å². The Morgan fingerprint density at radius 3 is 2.75 bits per heavy atom. The predicted molar refractivity (Wildman–Crippen MR) is 95.2 cm³/mol. The number of piperazine rings is 1. The van der Waals surface area contributed by atoms with Crippen LogP contribution in [0.5, 0.6) is 0 Å². The zero-order chi connectivity index (χ0) is 17.6. The summed E-state index contributed by atoms with van der Waals surface area (Å²) >= 11 is 0. The number of rotatable bonds is 7. The fraction of sp³-hybridized carbons (Fsp3) is 0.579. The van der Waals surface area contributed by atoms with E-state index in [9.17, 15) is 10.1 Å². The molecule has 1 heterocycles. The maximum atomic E-state index is 11.6. The normalized spacial score (nSPS) is 21.2. The standard InChI is InChI=1S/C19H28N4O/c1-15(2)19(14-20,16-7-4-3-5-8-16)9-6-11-23-12-10-22-13-17(23)18(21)24/h3-5,7-8,15,17,22H,6,9-13H2,1-2H3,(H2,21,24). The van der Waals surface area contributed by atoms with E-state index in [0.717, 1.165) is 38.0 Å². The highest BCUT2D eigenvalue weighted by molar-refractivity contribution is 5.80. The topological polar surface area (TPSA) is 82.2 Å². The molecule has 1 amide bonds. The highest BCUT2D eigenvalue weighted by Crippen LogP contribution is 2.36. The number of nitrogens with two attached hydrogens (primary N) is 1. The van der Waals surface area contributed by atoms with Gasteiger partial charge in [0.2, 0.25) is 5.91 Å². The van der Waals surface area contributed by atoms with Crippen molar-refractivity contribution in [2.45, 2.75) is 38.1 Å². The summed E-state index contributed by atoms with van der Waals surface area (Å²) < 4.78 is 0. The quantitative estimate of drug-likeness (QED) is 0.797. The maximum Gasteiger partial charge on any atom is 0.236 e. The van der Waals surface area contributed by atoms with Gasteiger partial charge in [0, 0.05) is 19.6 Å². The fourth-order valence-corrected chi connectivity index (χ4v) is 3.61. The van der Waals surface area contributed by atoms with Crippen LogP contribution >= 0.6 is 0 Å². The van der Waals surface area contributed by atoms with Gasteiger partial charge in [-0.15, -0.1) is 0 Å². The van der Waals surface area contributed by atoms with Crippen LogP contribution in [-0.4, -0.2) is 43.0 Å². The number of benzene rings is 1. The minimum atomic E-state index is -0.489. The Balaban J connectivity index is 2.06. The number of nitrogens with zero attached hydrogens (tertiary/aromatic N) is 2. The van der Waals surface area contributed by atoms with Gasteiger partial charge in [-0.05, 0) is 30.9 Å². The van der Waals surface area contributed by atoms with Gasteiger partial charge in [0.1, 0.15) is 6.04 Å². The number of hydrogen-bond acceptors (Lipinski definition) is 4. The summed E-state index contributed by atoms with van der Waals surface area (Å²) in [7, 11) is 0. The van der Waals surface area contributed by atoms with Crippen molar-refractivity contribution in [3.63, 3.8) is 0 Å². The molecule has 1 aliphatic rings. The lowest BCUT2D eigenvalue weighted by Crippen LogP contribution is -2.57. The molecule has 0 saturated carbocycles. The second-order valence-corrected chi connectivity index (χ2v) is 6.87. The zero-order valence-electron chi connectivity index (χ0n) is 14.7. The highest BCUT2D eigenvalue weighted by Gasteiger charge is 2.36. The van der Waals surface area contributed by atoms with Crippen LogP contribution in [0.2, 0.25) is 0 Å². The molecule has 2 atom stereocenters. The molecule has 1 aromatic rings. The molecular formula is C19H28N4O. The average Bonchev–Trinajstić information content (AvgIpc) is 2.59. The van der Waals surface area contributed by atoms with E-state index in [1.54, 1.807) is 0 Å². The number of carbonyl (C=O) groups excluding carboxylic acids is 1. The molecule has 5 nitrogen and oxygen atoms in total. The number of carbonyl (C=O) groups is 1. The summed E-state index contributed by atoms with van der Waals surface area (Å²) in [6.45, 7) is 7.30. The van der Waals surface area contributed by atoms with E-state index in [-0.39, 0.29) is 17.9 Å². The van der Waals surface area contributed by atoms with Crippen molar-refractivity contribution in [3.8, 4) is 6.07 Å². The van der Waals surface area contributed by atoms with Crippen LogP contribution in [0.3, 0.4) is 0 Å². The average molecular weight is 328 g/mol. The summed E-state index contributed by atoms with van der Waals surface area (Å²) in [6.07, 6.45) is 1.64. The Morgan fingerprint density at radius 1 is 1.46 bits per heavy atom. The van der Waals surface area contributed by atoms with Gasteiger partial charge in [0.25, 0.3) is 0 Å². The first-order valence-electron chi connectivity index (χ1n) is 8.72. The van der Waals surface area contributed by atoms with E-state index >= 15 is 0 Å². The molecule has 3 N–H and O–H groups in total. The molecule has 1 fully saturated rings. The molecule has 0 aliphatic carbocycles. The molecule has 2 rings (SSSR count). The third-order valence-electron chi connectivity index (χ3n) is 5.17. The summed E-state index contributed by atoms with van der Waals surface area (Å²) in [5.41, 5.74) is 6.10. The van der Waals surface area contributed by atoms with Crippen LogP contribution in [0.25, 0.3) is 0 Å². The SMILES string of the molecule is CC(C)C(C#N)(CCCN1CCNCC1C(N)=O)c1ccccc1. The Bertz CT molecular complexity index is 581.